The van der Waals surface area contributed by atoms with Crippen molar-refractivity contribution in [3.8, 4) is 5.75 Å². The summed E-state index contributed by atoms with van der Waals surface area (Å²) >= 11 is 3.41. The van der Waals surface area contributed by atoms with Crippen molar-refractivity contribution < 1.29 is 29.6 Å². The molecule has 1 aliphatic heterocycles. The minimum absolute atomic E-state index is 0.00919. The molecule has 1 heterocycles. The lowest BCUT2D eigenvalue weighted by Gasteiger charge is -2.20. The fraction of sp³-hybridized carbons (Fsp3) is 0.400. The highest BCUT2D eigenvalue weighted by Crippen LogP contribution is 2.34. The van der Waals surface area contributed by atoms with Crippen LogP contribution in [0.2, 0.25) is 0 Å². The van der Waals surface area contributed by atoms with Crippen molar-refractivity contribution in [1.29, 1.82) is 0 Å². The smallest absolute Gasteiger partial charge is 0.342 e. The van der Waals surface area contributed by atoms with Crippen LogP contribution < -0.4 is 0 Å². The lowest BCUT2D eigenvalue weighted by Crippen LogP contribution is -2.32. The fourth-order valence-corrected chi connectivity index (χ4v) is 3.10. The summed E-state index contributed by atoms with van der Waals surface area (Å²) in [7, 11) is 0. The van der Waals surface area contributed by atoms with Gasteiger partial charge < -0.3 is 20.1 Å². The van der Waals surface area contributed by atoms with Crippen LogP contribution in [0.5, 0.6) is 5.75 Å². The molecule has 1 aromatic rings. The van der Waals surface area contributed by atoms with Gasteiger partial charge in [0.05, 0.1) is 6.10 Å². The first-order valence-electron chi connectivity index (χ1n) is 8.61. The summed E-state index contributed by atoms with van der Waals surface area (Å²) in [4.78, 5) is 24.7. The highest BCUT2D eigenvalue weighted by atomic mass is 79.9. The number of hydrogen-bond donors (Lipinski definition) is 3. The van der Waals surface area contributed by atoms with Crippen molar-refractivity contribution in [3.63, 3.8) is 0 Å². The molecule has 0 radical (unpaired) electrons. The Labute approximate surface area is 166 Å². The summed E-state index contributed by atoms with van der Waals surface area (Å²) in [5.41, 5.74) is 1.12. The zero-order valence-electron chi connectivity index (χ0n) is 15.3. The van der Waals surface area contributed by atoms with Gasteiger partial charge in [0.2, 0.25) is 0 Å². The van der Waals surface area contributed by atoms with E-state index < -0.39 is 30.1 Å². The zero-order chi connectivity index (χ0) is 20.3. The van der Waals surface area contributed by atoms with Gasteiger partial charge in [-0.15, -0.1) is 0 Å². The van der Waals surface area contributed by atoms with E-state index in [9.17, 15) is 24.9 Å². The molecule has 0 spiro atoms. The Morgan fingerprint density at radius 3 is 2.52 bits per heavy atom. The van der Waals surface area contributed by atoms with Gasteiger partial charge in [-0.05, 0) is 53.9 Å². The molecule has 3 N–H and O–H groups in total. The Bertz CT molecular complexity index is 798. The lowest BCUT2D eigenvalue weighted by atomic mass is 9.99. The number of phenolic OH excluding ortho intramolecular Hbond substituents is 1. The first kappa shape index (κ1) is 21.3. The molecule has 4 atom stereocenters. The molecule has 0 saturated carbocycles. The number of ketones is 1. The van der Waals surface area contributed by atoms with Gasteiger partial charge in [-0.2, -0.15) is 0 Å². The molecule has 0 saturated heterocycles. The van der Waals surface area contributed by atoms with Crippen LogP contribution in [-0.2, 0) is 9.53 Å². The third kappa shape index (κ3) is 4.86. The normalized spacial score (nSPS) is 29.4. The molecule has 7 heteroatoms. The monoisotopic (exact) mass is 438 g/mol. The topological polar surface area (TPSA) is 104 Å². The van der Waals surface area contributed by atoms with E-state index >= 15 is 0 Å². The Hall–Kier alpha value is -1.96. The van der Waals surface area contributed by atoms with Crippen molar-refractivity contribution in [2.75, 3.05) is 0 Å². The molecule has 0 unspecified atom stereocenters. The number of ether oxygens (including phenoxy) is 1. The number of aliphatic hydroxyl groups is 2. The van der Waals surface area contributed by atoms with Gasteiger partial charge in [-0.1, -0.05) is 25.2 Å². The molecule has 146 valence electrons. The van der Waals surface area contributed by atoms with Gasteiger partial charge in [0.25, 0.3) is 0 Å². The number of rotatable bonds is 0. The first-order valence-corrected chi connectivity index (χ1v) is 9.40. The molecule has 0 aromatic heterocycles. The van der Waals surface area contributed by atoms with Crippen LogP contribution in [0, 0.1) is 12.8 Å². The number of aromatic hydroxyl groups is 1. The molecular weight excluding hydrogens is 416 g/mol. The molecule has 1 aromatic carbocycles. The van der Waals surface area contributed by atoms with Gasteiger partial charge in [0.1, 0.15) is 23.5 Å². The molecule has 0 amide bonds. The second-order valence-corrected chi connectivity index (χ2v) is 7.49. The van der Waals surface area contributed by atoms with Crippen LogP contribution in [0.25, 0.3) is 6.08 Å². The highest BCUT2D eigenvalue weighted by molar-refractivity contribution is 9.10. The maximum Gasteiger partial charge on any atom is 0.342 e. The van der Waals surface area contributed by atoms with Crippen molar-refractivity contribution in [2.45, 2.75) is 45.5 Å². The van der Waals surface area contributed by atoms with Crippen LogP contribution in [0.4, 0.5) is 0 Å². The van der Waals surface area contributed by atoms with Gasteiger partial charge in [-0.3, -0.25) is 4.79 Å². The van der Waals surface area contributed by atoms with Crippen LogP contribution in [0.1, 0.15) is 41.8 Å². The average molecular weight is 439 g/mol. The number of carbonyl (C=O) groups is 2. The number of halogens is 1. The van der Waals surface area contributed by atoms with Crippen molar-refractivity contribution in [1.82, 2.24) is 0 Å². The molecule has 0 aliphatic carbocycles. The Morgan fingerprint density at radius 1 is 1.19 bits per heavy atom. The predicted molar refractivity (Wildman–Crippen MR) is 104 cm³/mol. The number of fused-ring (bicyclic) bond motifs is 1. The number of aliphatic hydroxyl groups excluding tert-OH is 2. The number of phenols is 1. The molecule has 0 bridgehead atoms. The number of cyclic esters (lactones) is 1. The average Bonchev–Trinajstić information content (AvgIpc) is 2.61. The maximum absolute atomic E-state index is 12.7. The summed E-state index contributed by atoms with van der Waals surface area (Å²) in [6.45, 7) is 5.19. The number of hydrogen-bond acceptors (Lipinski definition) is 6. The van der Waals surface area contributed by atoms with E-state index in [2.05, 4.69) is 15.9 Å². The van der Waals surface area contributed by atoms with Gasteiger partial charge in [0.15, 0.2) is 5.78 Å². The summed E-state index contributed by atoms with van der Waals surface area (Å²) in [6.07, 6.45) is 2.34. The van der Waals surface area contributed by atoms with Crippen molar-refractivity contribution in [2.24, 2.45) is 5.92 Å². The minimum Gasteiger partial charge on any atom is -0.507 e. The molecule has 1 aliphatic rings. The quantitative estimate of drug-likeness (QED) is 0.537. The van der Waals surface area contributed by atoms with E-state index in [1.807, 2.05) is 0 Å². The molecule has 27 heavy (non-hydrogen) atoms. The summed E-state index contributed by atoms with van der Waals surface area (Å²) in [6, 6.07) is 1.46. The standard InChI is InChI=1S/C20H23BrO6/c1-10-7-8-15(23)19(25)14(22)6-4-5-13-17(20(26)27-12(10)3)16(24)9-11(2)18(13)21/h4-5,7-10,12,14,19,22,24-25H,6H2,1-3H3/b5-4+,8-7-/t10-,12+,14+,19+/m1/s1. The summed E-state index contributed by atoms with van der Waals surface area (Å²) in [5.74, 6) is -1.84. The number of aryl methyl sites for hydroxylation is 1. The number of carbonyl (C=O) groups excluding carboxylic acids is 2. The third-order valence-corrected chi connectivity index (χ3v) is 5.63. The number of benzene rings is 1. The lowest BCUT2D eigenvalue weighted by molar-refractivity contribution is -0.127. The van der Waals surface area contributed by atoms with Gasteiger partial charge in [0, 0.05) is 16.0 Å². The van der Waals surface area contributed by atoms with Gasteiger partial charge >= 0.3 is 5.97 Å². The Morgan fingerprint density at radius 2 is 1.85 bits per heavy atom. The Kier molecular flexibility index (Phi) is 6.97. The molecular formula is C20H23BrO6. The molecule has 2 rings (SSSR count). The van der Waals surface area contributed by atoms with Crippen LogP contribution in [0.3, 0.4) is 0 Å². The highest BCUT2D eigenvalue weighted by Gasteiger charge is 2.26. The van der Waals surface area contributed by atoms with Crippen LogP contribution in [-0.4, -0.2) is 45.4 Å². The van der Waals surface area contributed by atoms with E-state index in [0.29, 0.717) is 15.6 Å². The van der Waals surface area contributed by atoms with E-state index in [1.165, 1.54) is 24.3 Å². The maximum atomic E-state index is 12.7. The van der Waals surface area contributed by atoms with E-state index in [0.717, 1.165) is 0 Å². The second kappa shape index (κ2) is 8.82. The minimum atomic E-state index is -1.55. The van der Waals surface area contributed by atoms with E-state index in [4.69, 9.17) is 4.74 Å². The zero-order valence-corrected chi connectivity index (χ0v) is 16.9. The van der Waals surface area contributed by atoms with Crippen molar-refractivity contribution >= 4 is 33.8 Å². The van der Waals surface area contributed by atoms with Crippen LogP contribution in [0.15, 0.2) is 28.8 Å². The SMILES string of the molecule is Cc1cc(O)c2c(c1Br)/C=C/C[C@H](O)[C@H](O)C(=O)/C=C\[C@@H](C)[C@H](C)OC2=O. The van der Waals surface area contributed by atoms with Gasteiger partial charge in [-0.25, -0.2) is 4.79 Å². The predicted octanol–water partition coefficient (Wildman–Crippen LogP) is 2.91. The molecule has 0 fully saturated rings. The van der Waals surface area contributed by atoms with Crippen LogP contribution >= 0.6 is 15.9 Å². The summed E-state index contributed by atoms with van der Waals surface area (Å²) in [5, 5.41) is 30.3. The Balaban J connectivity index is 2.55. The molecule has 6 nitrogen and oxygen atoms in total. The van der Waals surface area contributed by atoms with Crippen molar-refractivity contribution in [3.05, 3.63) is 45.5 Å². The second-order valence-electron chi connectivity index (χ2n) is 6.70. The van der Waals surface area contributed by atoms with E-state index in [1.54, 1.807) is 26.8 Å². The third-order valence-electron chi connectivity index (χ3n) is 4.58. The first-order chi connectivity index (χ1) is 12.6. The van der Waals surface area contributed by atoms with E-state index in [-0.39, 0.29) is 23.7 Å². The fourth-order valence-electron chi connectivity index (χ4n) is 2.65. The summed E-state index contributed by atoms with van der Waals surface area (Å²) < 4.78 is 6.06. The number of esters is 1. The largest absolute Gasteiger partial charge is 0.507 e.